The molecule has 0 saturated heterocycles. The normalized spacial score (nSPS) is 10.2. The molecule has 1 nitrogen and oxygen atoms in total. The van der Waals surface area contributed by atoms with Crippen LogP contribution < -0.4 is 0 Å². The quantitative estimate of drug-likeness (QED) is 0.654. The molecule has 1 rings (SSSR count). The maximum Gasteiger partial charge on any atom is 0.0897 e. The molecule has 0 bridgehead atoms. The summed E-state index contributed by atoms with van der Waals surface area (Å²) in [7, 11) is 0. The van der Waals surface area contributed by atoms with Crippen molar-refractivity contribution in [2.24, 2.45) is 0 Å². The van der Waals surface area contributed by atoms with Crippen LogP contribution in [0.2, 0.25) is 0 Å². The first kappa shape index (κ1) is 7.73. The van der Waals surface area contributed by atoms with E-state index < -0.39 is 0 Å². The molecule has 0 atom stereocenters. The summed E-state index contributed by atoms with van der Waals surface area (Å²) in [6, 6.07) is 0. The molecule has 0 amide bonds. The molecule has 0 aromatic carbocycles. The van der Waals surface area contributed by atoms with Crippen LogP contribution in [0.3, 0.4) is 0 Å². The Kier molecular flexibility index (Phi) is 2.87. The van der Waals surface area contributed by atoms with Gasteiger partial charge in [-0.15, -0.1) is 11.3 Å². The van der Waals surface area contributed by atoms with Gasteiger partial charge in [0.05, 0.1) is 10.7 Å². The lowest BCUT2D eigenvalue weighted by molar-refractivity contribution is 0.779. The van der Waals surface area contributed by atoms with Crippen LogP contribution in [0.25, 0.3) is 0 Å². The Morgan fingerprint density at radius 3 is 2.90 bits per heavy atom. The van der Waals surface area contributed by atoms with Crippen molar-refractivity contribution in [3.63, 3.8) is 0 Å². The lowest BCUT2D eigenvalue weighted by Crippen LogP contribution is -1.83. The fourth-order valence-electron chi connectivity index (χ4n) is 0.881. The Morgan fingerprint density at radius 2 is 2.40 bits per heavy atom. The van der Waals surface area contributed by atoms with E-state index >= 15 is 0 Å². The molecule has 2 heteroatoms. The summed E-state index contributed by atoms with van der Waals surface area (Å²) in [6.07, 6.45) is 3.68. The van der Waals surface area contributed by atoms with E-state index in [0.29, 0.717) is 0 Å². The van der Waals surface area contributed by atoms with Crippen LogP contribution in [0.1, 0.15) is 30.5 Å². The van der Waals surface area contributed by atoms with E-state index in [-0.39, 0.29) is 0 Å². The van der Waals surface area contributed by atoms with Gasteiger partial charge in [-0.05, 0) is 19.8 Å². The highest BCUT2D eigenvalue weighted by Gasteiger charge is 1.95. The Hall–Kier alpha value is -0.370. The number of thiazole rings is 1. The van der Waals surface area contributed by atoms with Crippen LogP contribution in [0.4, 0.5) is 0 Å². The van der Waals surface area contributed by atoms with Crippen molar-refractivity contribution >= 4 is 11.3 Å². The van der Waals surface area contributed by atoms with Crippen LogP contribution in [0.15, 0.2) is 5.38 Å². The van der Waals surface area contributed by atoms with E-state index in [2.05, 4.69) is 24.2 Å². The summed E-state index contributed by atoms with van der Waals surface area (Å²) in [5.74, 6) is 0. The lowest BCUT2D eigenvalue weighted by atomic mass is 10.2. The third-order valence-electron chi connectivity index (χ3n) is 1.45. The molecule has 1 aromatic rings. The largest absolute Gasteiger partial charge is 0.247 e. The van der Waals surface area contributed by atoms with Crippen LogP contribution in [0, 0.1) is 6.92 Å². The van der Waals surface area contributed by atoms with Gasteiger partial charge < -0.3 is 0 Å². The third-order valence-corrected chi connectivity index (χ3v) is 2.28. The highest BCUT2D eigenvalue weighted by atomic mass is 32.1. The summed E-state index contributed by atoms with van der Waals surface area (Å²) in [6.45, 7) is 4.26. The van der Waals surface area contributed by atoms with Gasteiger partial charge in [-0.25, -0.2) is 4.98 Å². The van der Waals surface area contributed by atoms with Crippen molar-refractivity contribution in [3.05, 3.63) is 16.1 Å². The Bertz CT molecular complexity index is 193. The predicted octanol–water partition coefficient (Wildman–Crippen LogP) is 2.79. The molecule has 0 radical (unpaired) electrons. The Morgan fingerprint density at radius 1 is 1.60 bits per heavy atom. The summed E-state index contributed by atoms with van der Waals surface area (Å²) in [5.41, 5.74) is 1.27. The van der Waals surface area contributed by atoms with Crippen LogP contribution in [0.5, 0.6) is 0 Å². The van der Waals surface area contributed by atoms with Crippen molar-refractivity contribution in [2.45, 2.75) is 33.1 Å². The highest BCUT2D eigenvalue weighted by molar-refractivity contribution is 7.09. The average Bonchev–Trinajstić information content (AvgIpc) is 2.31. The van der Waals surface area contributed by atoms with Crippen molar-refractivity contribution < 1.29 is 0 Å². The fraction of sp³-hybridized carbons (Fsp3) is 0.625. The summed E-state index contributed by atoms with van der Waals surface area (Å²) in [4.78, 5) is 4.37. The molecule has 10 heavy (non-hydrogen) atoms. The zero-order valence-electron chi connectivity index (χ0n) is 6.55. The van der Waals surface area contributed by atoms with E-state index in [1.807, 2.05) is 0 Å². The molecule has 0 aliphatic rings. The molecule has 0 N–H and O–H groups in total. The average molecular weight is 155 g/mol. The standard InChI is InChI=1S/C8H13NS/c1-3-4-5-8-6-10-7(2)9-8/h6H,3-5H2,1-2H3. The van der Waals surface area contributed by atoms with Crippen molar-refractivity contribution in [1.82, 2.24) is 4.98 Å². The number of aryl methyl sites for hydroxylation is 2. The van der Waals surface area contributed by atoms with Gasteiger partial charge in [0.2, 0.25) is 0 Å². The number of rotatable bonds is 3. The van der Waals surface area contributed by atoms with Crippen LogP contribution in [-0.4, -0.2) is 4.98 Å². The van der Waals surface area contributed by atoms with Crippen molar-refractivity contribution in [1.29, 1.82) is 0 Å². The summed E-state index contributed by atoms with van der Waals surface area (Å²) < 4.78 is 0. The lowest BCUT2D eigenvalue weighted by Gasteiger charge is -1.90. The van der Waals surface area contributed by atoms with Gasteiger partial charge in [-0.2, -0.15) is 0 Å². The smallest absolute Gasteiger partial charge is 0.0897 e. The third kappa shape index (κ3) is 2.10. The SMILES string of the molecule is CCCCc1csc(C)n1. The zero-order chi connectivity index (χ0) is 7.40. The topological polar surface area (TPSA) is 12.9 Å². The highest BCUT2D eigenvalue weighted by Crippen LogP contribution is 2.09. The first-order valence-electron chi connectivity index (χ1n) is 3.74. The maximum absolute atomic E-state index is 4.37. The molecule has 56 valence electrons. The molecule has 0 saturated carbocycles. The number of nitrogens with zero attached hydrogens (tertiary/aromatic N) is 1. The van der Waals surface area contributed by atoms with Gasteiger partial charge in [0.1, 0.15) is 0 Å². The Balaban J connectivity index is 2.42. The second kappa shape index (κ2) is 3.71. The molecular formula is C8H13NS. The molecule has 0 unspecified atom stereocenters. The van der Waals surface area contributed by atoms with Crippen LogP contribution in [-0.2, 0) is 6.42 Å². The van der Waals surface area contributed by atoms with E-state index in [0.717, 1.165) is 6.42 Å². The van der Waals surface area contributed by atoms with E-state index in [1.165, 1.54) is 23.5 Å². The minimum Gasteiger partial charge on any atom is -0.247 e. The number of aromatic nitrogens is 1. The van der Waals surface area contributed by atoms with E-state index in [9.17, 15) is 0 Å². The Labute approximate surface area is 66.1 Å². The molecule has 0 fully saturated rings. The molecule has 1 aromatic heterocycles. The first-order valence-corrected chi connectivity index (χ1v) is 4.62. The number of hydrogen-bond donors (Lipinski definition) is 0. The second-order valence-electron chi connectivity index (χ2n) is 2.46. The zero-order valence-corrected chi connectivity index (χ0v) is 7.37. The molecular weight excluding hydrogens is 142 g/mol. The fourth-order valence-corrected chi connectivity index (χ4v) is 1.53. The van der Waals surface area contributed by atoms with Gasteiger partial charge in [0, 0.05) is 5.38 Å². The van der Waals surface area contributed by atoms with Gasteiger partial charge in [-0.1, -0.05) is 13.3 Å². The van der Waals surface area contributed by atoms with E-state index in [4.69, 9.17) is 0 Å². The molecule has 1 heterocycles. The van der Waals surface area contributed by atoms with Crippen molar-refractivity contribution in [3.8, 4) is 0 Å². The van der Waals surface area contributed by atoms with Gasteiger partial charge >= 0.3 is 0 Å². The maximum atomic E-state index is 4.37. The molecule has 0 spiro atoms. The minimum absolute atomic E-state index is 1.15. The second-order valence-corrected chi connectivity index (χ2v) is 3.52. The molecule has 0 aliphatic heterocycles. The number of hydrogen-bond acceptors (Lipinski definition) is 2. The summed E-state index contributed by atoms with van der Waals surface area (Å²) >= 11 is 1.74. The van der Waals surface area contributed by atoms with Crippen molar-refractivity contribution in [2.75, 3.05) is 0 Å². The van der Waals surface area contributed by atoms with Crippen LogP contribution >= 0.6 is 11.3 Å². The monoisotopic (exact) mass is 155 g/mol. The number of unbranched alkanes of at least 4 members (excludes halogenated alkanes) is 1. The van der Waals surface area contributed by atoms with Gasteiger partial charge in [0.15, 0.2) is 0 Å². The van der Waals surface area contributed by atoms with Gasteiger partial charge in [0.25, 0.3) is 0 Å². The predicted molar refractivity (Wildman–Crippen MR) is 45.5 cm³/mol. The summed E-state index contributed by atoms with van der Waals surface area (Å²) in [5, 5.41) is 3.34. The first-order chi connectivity index (χ1) is 4.83. The molecule has 0 aliphatic carbocycles. The minimum atomic E-state index is 1.15. The van der Waals surface area contributed by atoms with Gasteiger partial charge in [-0.3, -0.25) is 0 Å². The van der Waals surface area contributed by atoms with E-state index in [1.54, 1.807) is 11.3 Å².